The fourth-order valence-corrected chi connectivity index (χ4v) is 4.70. The highest BCUT2D eigenvalue weighted by molar-refractivity contribution is 7.92. The molecular weight excluding hydrogens is 460 g/mol. The Kier molecular flexibility index (Phi) is 5.58. The minimum atomic E-state index is -4.06. The second-order valence-electron chi connectivity index (χ2n) is 7.54. The lowest BCUT2D eigenvalue weighted by molar-refractivity contribution is 0.0601. The van der Waals surface area contributed by atoms with Gasteiger partial charge in [0.2, 0.25) is 0 Å². The molecule has 2 heterocycles. The van der Waals surface area contributed by atoms with E-state index in [0.29, 0.717) is 42.5 Å². The molecule has 0 atom stereocenters. The summed E-state index contributed by atoms with van der Waals surface area (Å²) >= 11 is 0. The Balaban J connectivity index is 1.54. The third kappa shape index (κ3) is 4.27. The van der Waals surface area contributed by atoms with E-state index in [-0.39, 0.29) is 21.7 Å². The van der Waals surface area contributed by atoms with Gasteiger partial charge in [0.1, 0.15) is 18.7 Å². The van der Waals surface area contributed by atoms with E-state index in [2.05, 4.69) is 9.71 Å². The maximum absolute atomic E-state index is 13.2. The Bertz CT molecular complexity index is 1480. The smallest absolute Gasteiger partial charge is 0.338 e. The second-order valence-corrected chi connectivity index (χ2v) is 9.23. The second kappa shape index (κ2) is 8.71. The van der Waals surface area contributed by atoms with E-state index >= 15 is 0 Å². The van der Waals surface area contributed by atoms with Gasteiger partial charge in [-0.05, 0) is 29.8 Å². The van der Waals surface area contributed by atoms with E-state index < -0.39 is 16.0 Å². The van der Waals surface area contributed by atoms with E-state index in [1.54, 1.807) is 0 Å². The molecule has 9 nitrogen and oxygen atoms in total. The number of fused-ring (bicyclic) bond motifs is 2. The zero-order chi connectivity index (χ0) is 23.7. The molecule has 0 radical (unpaired) electrons. The number of ether oxygens (including phenoxy) is 3. The van der Waals surface area contributed by atoms with Crippen LogP contribution in [-0.2, 0) is 21.2 Å². The van der Waals surface area contributed by atoms with Gasteiger partial charge in [-0.1, -0.05) is 30.3 Å². The molecule has 10 heteroatoms. The number of hydrogen-bond acceptors (Lipinski definition) is 8. The number of carbonyl (C=O) groups is 1. The van der Waals surface area contributed by atoms with Gasteiger partial charge in [0.25, 0.3) is 10.0 Å². The van der Waals surface area contributed by atoms with Crippen molar-refractivity contribution in [2.75, 3.05) is 25.0 Å². The van der Waals surface area contributed by atoms with Crippen LogP contribution >= 0.6 is 0 Å². The number of esters is 1. The van der Waals surface area contributed by atoms with Gasteiger partial charge in [-0.2, -0.15) is 0 Å². The monoisotopic (exact) mass is 480 g/mol. The van der Waals surface area contributed by atoms with E-state index in [1.807, 2.05) is 30.3 Å². The lowest BCUT2D eigenvalue weighted by atomic mass is 10.1. The fourth-order valence-electron chi connectivity index (χ4n) is 3.63. The van der Waals surface area contributed by atoms with Crippen molar-refractivity contribution in [1.82, 2.24) is 4.98 Å². The van der Waals surface area contributed by atoms with Crippen LogP contribution in [0.25, 0.3) is 11.1 Å². The number of carbonyl (C=O) groups excluding carboxylic acids is 1. The molecule has 3 aromatic carbocycles. The largest absolute Gasteiger partial charge is 0.486 e. The Hall–Kier alpha value is -4.05. The molecule has 0 amide bonds. The van der Waals surface area contributed by atoms with Crippen LogP contribution in [0.4, 0.5) is 5.69 Å². The first kappa shape index (κ1) is 21.8. The third-order valence-electron chi connectivity index (χ3n) is 5.22. The highest BCUT2D eigenvalue weighted by atomic mass is 32.2. The van der Waals surface area contributed by atoms with Crippen LogP contribution in [0.3, 0.4) is 0 Å². The molecule has 4 aromatic rings. The summed E-state index contributed by atoms with van der Waals surface area (Å²) in [5.41, 5.74) is 1.71. The van der Waals surface area contributed by atoms with E-state index in [9.17, 15) is 13.2 Å². The van der Waals surface area contributed by atoms with Crippen LogP contribution in [-0.4, -0.2) is 39.7 Å². The molecule has 1 aliphatic rings. The summed E-state index contributed by atoms with van der Waals surface area (Å²) in [6.45, 7) is 0.723. The van der Waals surface area contributed by atoms with Gasteiger partial charge in [0, 0.05) is 12.5 Å². The number of oxazole rings is 1. The Morgan fingerprint density at radius 3 is 2.56 bits per heavy atom. The number of benzene rings is 3. The third-order valence-corrected chi connectivity index (χ3v) is 6.59. The van der Waals surface area contributed by atoms with Crippen LogP contribution in [0.1, 0.15) is 21.8 Å². The minimum absolute atomic E-state index is 0.0302. The first-order valence-corrected chi connectivity index (χ1v) is 11.9. The molecule has 1 aliphatic heterocycles. The highest BCUT2D eigenvalue weighted by Gasteiger charge is 2.23. The summed E-state index contributed by atoms with van der Waals surface area (Å²) in [5, 5.41) is 0. The topological polar surface area (TPSA) is 117 Å². The Morgan fingerprint density at radius 1 is 1.03 bits per heavy atom. The number of nitrogens with one attached hydrogen (secondary N) is 1. The van der Waals surface area contributed by atoms with Crippen molar-refractivity contribution in [2.24, 2.45) is 0 Å². The van der Waals surface area contributed by atoms with Crippen LogP contribution in [0, 0.1) is 0 Å². The van der Waals surface area contributed by atoms with Crippen molar-refractivity contribution in [1.29, 1.82) is 0 Å². The first-order chi connectivity index (χ1) is 16.4. The van der Waals surface area contributed by atoms with Crippen molar-refractivity contribution in [2.45, 2.75) is 11.3 Å². The van der Waals surface area contributed by atoms with Gasteiger partial charge >= 0.3 is 5.97 Å². The van der Waals surface area contributed by atoms with E-state index in [4.69, 9.17) is 18.6 Å². The molecule has 0 spiro atoms. The zero-order valence-corrected chi connectivity index (χ0v) is 18.9. The minimum Gasteiger partial charge on any atom is -0.486 e. The number of sulfonamides is 1. The number of hydrogen-bond donors (Lipinski definition) is 1. The van der Waals surface area contributed by atoms with Crippen LogP contribution in [0.5, 0.6) is 11.5 Å². The van der Waals surface area contributed by atoms with Crippen LogP contribution in [0.2, 0.25) is 0 Å². The van der Waals surface area contributed by atoms with Gasteiger partial charge in [-0.25, -0.2) is 18.2 Å². The zero-order valence-electron chi connectivity index (χ0n) is 18.1. The van der Waals surface area contributed by atoms with Gasteiger partial charge in [0.05, 0.1) is 23.3 Å². The van der Waals surface area contributed by atoms with E-state index in [1.165, 1.54) is 37.4 Å². The molecule has 0 unspecified atom stereocenters. The van der Waals surface area contributed by atoms with Crippen LogP contribution in [0.15, 0.2) is 70.0 Å². The van der Waals surface area contributed by atoms with Crippen molar-refractivity contribution < 1.29 is 31.8 Å². The predicted octanol–water partition coefficient (Wildman–Crippen LogP) is 3.78. The summed E-state index contributed by atoms with van der Waals surface area (Å²) in [6, 6.07) is 16.8. The molecule has 1 N–H and O–H groups in total. The average Bonchev–Trinajstić information content (AvgIpc) is 3.26. The molecular formula is C24H20N2O7S. The van der Waals surface area contributed by atoms with Crippen molar-refractivity contribution in [3.8, 4) is 11.5 Å². The molecule has 0 saturated carbocycles. The molecule has 0 fully saturated rings. The van der Waals surface area contributed by atoms with Crippen molar-refractivity contribution in [3.63, 3.8) is 0 Å². The molecule has 174 valence electrons. The van der Waals surface area contributed by atoms with Crippen molar-refractivity contribution >= 4 is 32.8 Å². The van der Waals surface area contributed by atoms with Gasteiger partial charge in [-0.15, -0.1) is 0 Å². The number of nitrogens with zero attached hydrogens (tertiary/aromatic N) is 1. The number of anilines is 1. The maximum Gasteiger partial charge on any atom is 0.338 e. The number of aromatic nitrogens is 1. The molecule has 0 saturated heterocycles. The predicted molar refractivity (Wildman–Crippen MR) is 123 cm³/mol. The quantitative estimate of drug-likeness (QED) is 0.415. The van der Waals surface area contributed by atoms with Gasteiger partial charge in [-0.3, -0.25) is 4.72 Å². The molecule has 34 heavy (non-hydrogen) atoms. The molecule has 1 aromatic heterocycles. The summed E-state index contributed by atoms with van der Waals surface area (Å²) in [7, 11) is -2.82. The summed E-state index contributed by atoms with van der Waals surface area (Å²) in [6.07, 6.45) is 0.400. The Morgan fingerprint density at radius 2 is 1.79 bits per heavy atom. The summed E-state index contributed by atoms with van der Waals surface area (Å²) in [5.74, 6) is 0.561. The lowest BCUT2D eigenvalue weighted by Crippen LogP contribution is -2.17. The summed E-state index contributed by atoms with van der Waals surface area (Å²) in [4.78, 5) is 16.6. The van der Waals surface area contributed by atoms with Crippen LogP contribution < -0.4 is 14.2 Å². The lowest BCUT2D eigenvalue weighted by Gasteiger charge is -2.19. The Labute approximate surface area is 195 Å². The van der Waals surface area contributed by atoms with Crippen molar-refractivity contribution in [3.05, 3.63) is 77.7 Å². The fraction of sp³-hybridized carbons (Fsp3) is 0.167. The number of methoxy groups -OCH3 is 1. The number of rotatable bonds is 6. The molecule has 0 aliphatic carbocycles. The summed E-state index contributed by atoms with van der Waals surface area (Å²) < 4.78 is 50.6. The average molecular weight is 480 g/mol. The van der Waals surface area contributed by atoms with Gasteiger partial charge < -0.3 is 18.6 Å². The SMILES string of the molecule is COC(=O)c1cc(NS(=O)(=O)c2ccc3c(c2)OCCO3)c2oc(Cc3ccccc3)nc2c1. The van der Waals surface area contributed by atoms with E-state index in [0.717, 1.165) is 5.56 Å². The standard InChI is InChI=1S/C24H20N2O7S/c1-30-24(27)16-12-18-23(33-22(25-18)11-15-5-3-2-4-6-15)19(13-16)26-34(28,29)17-7-8-20-21(14-17)32-10-9-31-20/h2-8,12-14,26H,9-11H2,1H3. The van der Waals surface area contributed by atoms with Gasteiger partial charge in [0.15, 0.2) is 23.0 Å². The molecule has 0 bridgehead atoms. The first-order valence-electron chi connectivity index (χ1n) is 10.4. The molecule has 5 rings (SSSR count). The highest BCUT2D eigenvalue weighted by Crippen LogP contribution is 2.34. The normalized spacial score (nSPS) is 13.0. The maximum atomic E-state index is 13.2.